The van der Waals surface area contributed by atoms with Gasteiger partial charge >= 0.3 is 0 Å². The second-order valence-electron chi connectivity index (χ2n) is 8.95. The summed E-state index contributed by atoms with van der Waals surface area (Å²) in [5, 5.41) is 11.1. The van der Waals surface area contributed by atoms with Crippen molar-refractivity contribution in [1.29, 1.82) is 0 Å². The molecule has 4 heterocycles. The highest BCUT2D eigenvalue weighted by molar-refractivity contribution is 5.81. The van der Waals surface area contributed by atoms with E-state index in [0.717, 1.165) is 29.8 Å². The van der Waals surface area contributed by atoms with Crippen molar-refractivity contribution in [2.24, 2.45) is 0 Å². The van der Waals surface area contributed by atoms with Gasteiger partial charge in [-0.3, -0.25) is 4.79 Å². The summed E-state index contributed by atoms with van der Waals surface area (Å²) < 4.78 is 3.97. The number of nitrogens with zero attached hydrogens (tertiary/aromatic N) is 7. The summed E-state index contributed by atoms with van der Waals surface area (Å²) in [4.78, 5) is 32.1. The molecule has 0 aliphatic carbocycles. The number of rotatable bonds is 5. The molecule has 4 aromatic rings. The number of nitrogen functional groups attached to an aromatic ring is 1. The maximum absolute atomic E-state index is 13.1. The van der Waals surface area contributed by atoms with Crippen LogP contribution in [0.5, 0.6) is 0 Å². The second-order valence-corrected chi connectivity index (χ2v) is 8.95. The Balaban J connectivity index is 1.29. The van der Waals surface area contributed by atoms with Crippen LogP contribution in [-0.4, -0.2) is 63.7 Å². The number of piperidine rings is 1. The summed E-state index contributed by atoms with van der Waals surface area (Å²) in [5.74, 6) is 1.33. The summed E-state index contributed by atoms with van der Waals surface area (Å²) >= 11 is 0. The van der Waals surface area contributed by atoms with Gasteiger partial charge in [0.05, 0.1) is 29.0 Å². The zero-order valence-corrected chi connectivity index (χ0v) is 18.8. The Morgan fingerprint density at radius 3 is 2.94 bits per heavy atom. The molecule has 1 aliphatic heterocycles. The molecule has 1 fully saturated rings. The van der Waals surface area contributed by atoms with E-state index in [1.165, 1.54) is 6.33 Å². The van der Waals surface area contributed by atoms with Gasteiger partial charge in [0.1, 0.15) is 17.7 Å². The van der Waals surface area contributed by atoms with Crippen LogP contribution >= 0.6 is 0 Å². The van der Waals surface area contributed by atoms with E-state index >= 15 is 0 Å². The lowest BCUT2D eigenvalue weighted by atomic mass is 9.88. The fourth-order valence-electron chi connectivity index (χ4n) is 4.76. The van der Waals surface area contributed by atoms with Gasteiger partial charge in [-0.15, -0.1) is 0 Å². The number of likely N-dealkylation sites (tertiary alicyclic amines) is 1. The molecule has 1 aliphatic rings. The summed E-state index contributed by atoms with van der Waals surface area (Å²) in [6.07, 6.45) is 4.62. The topological polar surface area (TPSA) is 128 Å². The number of benzene rings is 1. The molecule has 0 saturated carbocycles. The summed E-state index contributed by atoms with van der Waals surface area (Å²) in [5.41, 5.74) is 8.04. The molecule has 0 bridgehead atoms. The number of aliphatic hydroxyl groups is 1. The van der Waals surface area contributed by atoms with Gasteiger partial charge in [0.15, 0.2) is 11.5 Å². The average Bonchev–Trinajstić information content (AvgIpc) is 3.35. The molecule has 10 nitrogen and oxygen atoms in total. The van der Waals surface area contributed by atoms with Crippen LogP contribution < -0.4 is 5.73 Å². The van der Waals surface area contributed by atoms with Gasteiger partial charge in [-0.25, -0.2) is 19.9 Å². The van der Waals surface area contributed by atoms with Crippen molar-refractivity contribution < 1.29 is 9.90 Å². The SMILES string of the molecule is Cc1nc2ccccc2n1CCCC(=O)N1CC[C@@](C)(O)[C@H](n2cnc3c(N)ncnc32)C1. The monoisotopic (exact) mass is 448 g/mol. The molecule has 1 aromatic carbocycles. The van der Waals surface area contributed by atoms with Crippen LogP contribution in [0.2, 0.25) is 0 Å². The quantitative estimate of drug-likeness (QED) is 0.478. The smallest absolute Gasteiger partial charge is 0.222 e. The number of para-hydroxylation sites is 2. The Bertz CT molecular complexity index is 1320. The van der Waals surface area contributed by atoms with Crippen LogP contribution in [0, 0.1) is 6.92 Å². The molecule has 2 atom stereocenters. The van der Waals surface area contributed by atoms with Gasteiger partial charge in [-0.1, -0.05) is 12.1 Å². The highest BCUT2D eigenvalue weighted by Gasteiger charge is 2.41. The molecule has 3 N–H and O–H groups in total. The minimum Gasteiger partial charge on any atom is -0.388 e. The number of carbonyl (C=O) groups excluding carboxylic acids is 1. The molecular formula is C23H28N8O2. The first-order valence-electron chi connectivity index (χ1n) is 11.2. The molecule has 1 amide bonds. The maximum atomic E-state index is 13.1. The van der Waals surface area contributed by atoms with E-state index in [-0.39, 0.29) is 11.9 Å². The lowest BCUT2D eigenvalue weighted by Crippen LogP contribution is -2.52. The fourth-order valence-corrected chi connectivity index (χ4v) is 4.76. The van der Waals surface area contributed by atoms with Gasteiger partial charge in [-0.05, 0) is 38.8 Å². The van der Waals surface area contributed by atoms with E-state index in [9.17, 15) is 9.90 Å². The molecule has 3 aromatic heterocycles. The number of hydrogen-bond acceptors (Lipinski definition) is 7. The molecular weight excluding hydrogens is 420 g/mol. The summed E-state index contributed by atoms with van der Waals surface area (Å²) in [7, 11) is 0. The highest BCUT2D eigenvalue weighted by atomic mass is 16.3. The number of amides is 1. The minimum atomic E-state index is -1.00. The third kappa shape index (κ3) is 3.80. The highest BCUT2D eigenvalue weighted by Crippen LogP contribution is 2.34. The Hall–Kier alpha value is -3.53. The third-order valence-corrected chi connectivity index (χ3v) is 6.69. The first-order chi connectivity index (χ1) is 15.8. The summed E-state index contributed by atoms with van der Waals surface area (Å²) in [6, 6.07) is 7.66. The number of aromatic nitrogens is 6. The van der Waals surface area contributed by atoms with Crippen LogP contribution in [0.1, 0.15) is 38.1 Å². The Labute approximate surface area is 191 Å². The lowest BCUT2D eigenvalue weighted by Gasteiger charge is -2.43. The van der Waals surface area contributed by atoms with Crippen LogP contribution in [-0.2, 0) is 11.3 Å². The number of hydrogen-bond donors (Lipinski definition) is 2. The van der Waals surface area contributed by atoms with Crippen LogP contribution in [0.25, 0.3) is 22.2 Å². The van der Waals surface area contributed by atoms with Crippen molar-refractivity contribution in [3.05, 3.63) is 42.7 Å². The van der Waals surface area contributed by atoms with Gasteiger partial charge in [-0.2, -0.15) is 0 Å². The molecule has 5 rings (SSSR count). The maximum Gasteiger partial charge on any atom is 0.222 e. The van der Waals surface area contributed by atoms with Crippen molar-refractivity contribution >= 4 is 33.9 Å². The van der Waals surface area contributed by atoms with E-state index in [1.807, 2.05) is 34.6 Å². The average molecular weight is 449 g/mol. The number of imidazole rings is 2. The Morgan fingerprint density at radius 1 is 1.27 bits per heavy atom. The second kappa shape index (κ2) is 8.11. The van der Waals surface area contributed by atoms with Crippen molar-refractivity contribution in [2.45, 2.75) is 51.3 Å². The first kappa shape index (κ1) is 21.3. The third-order valence-electron chi connectivity index (χ3n) is 6.69. The van der Waals surface area contributed by atoms with Crippen LogP contribution in [0.4, 0.5) is 5.82 Å². The molecule has 172 valence electrons. The number of carbonyl (C=O) groups is 1. The van der Waals surface area contributed by atoms with E-state index < -0.39 is 5.60 Å². The largest absolute Gasteiger partial charge is 0.388 e. The molecule has 0 unspecified atom stereocenters. The van der Waals surface area contributed by atoms with Crippen molar-refractivity contribution in [2.75, 3.05) is 18.8 Å². The normalized spacial score (nSPS) is 21.2. The number of aryl methyl sites for hydroxylation is 2. The predicted molar refractivity (Wildman–Crippen MR) is 124 cm³/mol. The van der Waals surface area contributed by atoms with Crippen LogP contribution in [0.15, 0.2) is 36.9 Å². The van der Waals surface area contributed by atoms with E-state index in [0.29, 0.717) is 42.9 Å². The number of fused-ring (bicyclic) bond motifs is 2. The van der Waals surface area contributed by atoms with E-state index in [1.54, 1.807) is 13.3 Å². The molecule has 33 heavy (non-hydrogen) atoms. The Kier molecular flexibility index (Phi) is 5.24. The van der Waals surface area contributed by atoms with Gasteiger partial charge in [0, 0.05) is 26.1 Å². The van der Waals surface area contributed by atoms with Gasteiger partial charge < -0.3 is 24.9 Å². The number of nitrogens with two attached hydrogens (primary N) is 1. The molecule has 10 heteroatoms. The molecule has 0 radical (unpaired) electrons. The van der Waals surface area contributed by atoms with Crippen LogP contribution in [0.3, 0.4) is 0 Å². The zero-order valence-electron chi connectivity index (χ0n) is 18.8. The molecule has 1 saturated heterocycles. The standard InChI is InChI=1S/C23H28N8O2/c1-15-28-16-6-3-4-7-17(16)30(15)10-5-8-19(32)29-11-9-23(2,33)18(12-29)31-14-27-20-21(24)25-13-26-22(20)31/h3-4,6-7,13-14,18,33H,5,8-12H2,1-2H3,(H2,24,25,26)/t18-,23-/m1/s1. The zero-order chi connectivity index (χ0) is 23.2. The lowest BCUT2D eigenvalue weighted by molar-refractivity contribution is -0.138. The Morgan fingerprint density at radius 2 is 2.09 bits per heavy atom. The predicted octanol–water partition coefficient (Wildman–Crippen LogP) is 2.07. The van der Waals surface area contributed by atoms with Crippen molar-refractivity contribution in [3.63, 3.8) is 0 Å². The van der Waals surface area contributed by atoms with Gasteiger partial charge in [0.2, 0.25) is 5.91 Å². The van der Waals surface area contributed by atoms with E-state index in [4.69, 9.17) is 5.73 Å². The van der Waals surface area contributed by atoms with Gasteiger partial charge in [0.25, 0.3) is 0 Å². The fraction of sp³-hybridized carbons (Fsp3) is 0.435. The van der Waals surface area contributed by atoms with Crippen molar-refractivity contribution in [3.8, 4) is 0 Å². The first-order valence-corrected chi connectivity index (χ1v) is 11.2. The van der Waals surface area contributed by atoms with Crippen molar-refractivity contribution in [1.82, 2.24) is 34.0 Å². The summed E-state index contributed by atoms with van der Waals surface area (Å²) in [6.45, 7) is 5.41. The van der Waals surface area contributed by atoms with E-state index in [2.05, 4.69) is 30.6 Å². The minimum absolute atomic E-state index is 0.0798. The molecule has 0 spiro atoms. The number of anilines is 1.